The van der Waals surface area contributed by atoms with Crippen molar-refractivity contribution in [1.82, 2.24) is 0 Å². The molecule has 2 atom stereocenters. The lowest BCUT2D eigenvalue weighted by Gasteiger charge is -2.36. The first-order valence-corrected chi connectivity index (χ1v) is 6.35. The maximum absolute atomic E-state index is 6.57. The molecule has 18 heavy (non-hydrogen) atoms. The third kappa shape index (κ3) is 0.934. The molecule has 1 nitrogen and oxygen atoms in total. The molecule has 0 radical (unpaired) electrons. The van der Waals surface area contributed by atoms with Gasteiger partial charge in [-0.05, 0) is 28.5 Å². The number of hydrogen-bond donors (Lipinski definition) is 1. The molecule has 0 saturated heterocycles. The molecule has 0 fully saturated rings. The minimum absolute atomic E-state index is 0.115. The van der Waals surface area contributed by atoms with E-state index in [0.717, 1.165) is 0 Å². The number of hydrogen-bond acceptors (Lipinski definition) is 1. The van der Waals surface area contributed by atoms with Gasteiger partial charge in [-0.15, -0.1) is 0 Å². The third-order valence-corrected chi connectivity index (χ3v) is 4.74. The molecule has 0 bridgehead atoms. The fourth-order valence-electron chi connectivity index (χ4n) is 3.46. The van der Waals surface area contributed by atoms with Crippen LogP contribution < -0.4 is 16.2 Å². The molecule has 0 amide bonds. The summed E-state index contributed by atoms with van der Waals surface area (Å²) in [6.07, 6.45) is 13.1. The summed E-state index contributed by atoms with van der Waals surface area (Å²) in [7, 11) is 0. The Morgan fingerprint density at radius 1 is 1.00 bits per heavy atom. The Bertz CT molecular complexity index is 763. The molecule has 88 valence electrons. The third-order valence-electron chi connectivity index (χ3n) is 4.74. The van der Waals surface area contributed by atoms with Crippen LogP contribution in [0.25, 0.3) is 11.6 Å². The van der Waals surface area contributed by atoms with E-state index < -0.39 is 0 Å². The maximum atomic E-state index is 6.57. The van der Waals surface area contributed by atoms with Gasteiger partial charge in [-0.3, -0.25) is 0 Å². The van der Waals surface area contributed by atoms with Crippen LogP contribution in [0.1, 0.15) is 6.92 Å². The Morgan fingerprint density at radius 3 is 2.67 bits per heavy atom. The summed E-state index contributed by atoms with van der Waals surface area (Å²) in [5, 5.41) is 2.58. The molecule has 0 aromatic heterocycles. The minimum atomic E-state index is -0.362. The molecule has 0 aliphatic heterocycles. The van der Waals surface area contributed by atoms with Crippen molar-refractivity contribution < 1.29 is 0 Å². The van der Waals surface area contributed by atoms with Crippen molar-refractivity contribution in [3.63, 3.8) is 0 Å². The molecular formula is C17H15N. The quantitative estimate of drug-likeness (QED) is 0.720. The van der Waals surface area contributed by atoms with Crippen LogP contribution in [0.5, 0.6) is 0 Å². The number of rotatable bonds is 0. The van der Waals surface area contributed by atoms with E-state index in [2.05, 4.69) is 67.6 Å². The lowest BCUT2D eigenvalue weighted by Crippen LogP contribution is -2.48. The Labute approximate surface area is 106 Å². The van der Waals surface area contributed by atoms with Gasteiger partial charge in [0, 0.05) is 5.41 Å². The summed E-state index contributed by atoms with van der Waals surface area (Å²) in [4.78, 5) is 0. The second kappa shape index (κ2) is 2.93. The van der Waals surface area contributed by atoms with Crippen molar-refractivity contribution in [3.8, 4) is 0 Å². The fourth-order valence-corrected chi connectivity index (χ4v) is 3.46. The number of fused-ring (bicyclic) bond motifs is 1. The maximum Gasteiger partial charge on any atom is 0.0668 e. The van der Waals surface area contributed by atoms with Crippen molar-refractivity contribution in [1.29, 1.82) is 0 Å². The average Bonchev–Trinajstić information content (AvgIpc) is 2.71. The van der Waals surface area contributed by atoms with Gasteiger partial charge in [0.25, 0.3) is 0 Å². The normalized spacial score (nSPS) is 34.8. The van der Waals surface area contributed by atoms with Crippen molar-refractivity contribution in [2.24, 2.45) is 11.1 Å². The largest absolute Gasteiger partial charge is 0.318 e. The minimum Gasteiger partial charge on any atom is -0.318 e. The first-order chi connectivity index (χ1) is 8.65. The Kier molecular flexibility index (Phi) is 1.64. The Morgan fingerprint density at radius 2 is 1.78 bits per heavy atom. The summed E-state index contributed by atoms with van der Waals surface area (Å²) in [6, 6.07) is 8.54. The molecule has 1 aromatic carbocycles. The average molecular weight is 233 g/mol. The zero-order valence-electron chi connectivity index (χ0n) is 10.4. The monoisotopic (exact) mass is 233 g/mol. The van der Waals surface area contributed by atoms with Crippen LogP contribution in [0.4, 0.5) is 0 Å². The van der Waals surface area contributed by atoms with Gasteiger partial charge in [0.2, 0.25) is 0 Å². The van der Waals surface area contributed by atoms with Crippen molar-refractivity contribution in [3.05, 3.63) is 70.7 Å². The van der Waals surface area contributed by atoms with Gasteiger partial charge < -0.3 is 5.73 Å². The Balaban J connectivity index is 2.24. The molecule has 0 heterocycles. The van der Waals surface area contributed by atoms with Gasteiger partial charge in [0.1, 0.15) is 0 Å². The molecule has 0 saturated carbocycles. The van der Waals surface area contributed by atoms with E-state index in [1.54, 1.807) is 0 Å². The smallest absolute Gasteiger partial charge is 0.0668 e. The number of allylic oxidation sites excluding steroid dienone is 3. The van der Waals surface area contributed by atoms with Gasteiger partial charge in [0.05, 0.1) is 5.54 Å². The van der Waals surface area contributed by atoms with E-state index in [4.69, 9.17) is 5.73 Å². The standard InChI is InChI=1S/C17H15N/c1-16-13-7-6-12-4-2-3-5-14(12)15(16)9-11-17(16,18)10-8-13/h2-11H,18H2,1H3. The Hall–Kier alpha value is -1.86. The van der Waals surface area contributed by atoms with Crippen LogP contribution in [0.3, 0.4) is 0 Å². The molecule has 2 N–H and O–H groups in total. The molecule has 4 rings (SSSR count). The van der Waals surface area contributed by atoms with Crippen molar-refractivity contribution in [2.45, 2.75) is 12.5 Å². The topological polar surface area (TPSA) is 26.0 Å². The van der Waals surface area contributed by atoms with Crippen molar-refractivity contribution >= 4 is 11.6 Å². The van der Waals surface area contributed by atoms with Crippen LogP contribution in [0, 0.1) is 5.41 Å². The molecule has 0 spiro atoms. The van der Waals surface area contributed by atoms with Crippen LogP contribution in [-0.4, -0.2) is 5.54 Å². The van der Waals surface area contributed by atoms with E-state index in [0.29, 0.717) is 0 Å². The highest BCUT2D eigenvalue weighted by Gasteiger charge is 2.53. The molecule has 1 heteroatoms. The highest BCUT2D eigenvalue weighted by atomic mass is 14.8. The molecule has 1 aromatic rings. The summed E-state index contributed by atoms with van der Waals surface area (Å²) in [6.45, 7) is 2.25. The van der Waals surface area contributed by atoms with E-state index in [9.17, 15) is 0 Å². The lowest BCUT2D eigenvalue weighted by molar-refractivity contribution is 0.427. The van der Waals surface area contributed by atoms with Gasteiger partial charge in [-0.2, -0.15) is 0 Å². The summed E-state index contributed by atoms with van der Waals surface area (Å²) in [5.41, 5.74) is 8.73. The molecular weight excluding hydrogens is 218 g/mol. The van der Waals surface area contributed by atoms with E-state index in [-0.39, 0.29) is 11.0 Å². The predicted molar refractivity (Wildman–Crippen MR) is 75.0 cm³/mol. The molecule has 3 aliphatic rings. The predicted octanol–water partition coefficient (Wildman–Crippen LogP) is 1.40. The lowest BCUT2D eigenvalue weighted by atomic mass is 9.70. The first kappa shape index (κ1) is 10.1. The summed E-state index contributed by atoms with van der Waals surface area (Å²) in [5.74, 6) is 0. The van der Waals surface area contributed by atoms with E-state index >= 15 is 0 Å². The van der Waals surface area contributed by atoms with Crippen LogP contribution in [-0.2, 0) is 0 Å². The second-order valence-corrected chi connectivity index (χ2v) is 5.51. The highest BCUT2D eigenvalue weighted by Crippen LogP contribution is 2.54. The van der Waals surface area contributed by atoms with Gasteiger partial charge >= 0.3 is 0 Å². The van der Waals surface area contributed by atoms with Gasteiger partial charge in [-0.25, -0.2) is 0 Å². The zero-order chi connectivity index (χ0) is 12.4. The van der Waals surface area contributed by atoms with E-state index in [1.165, 1.54) is 21.6 Å². The van der Waals surface area contributed by atoms with Crippen LogP contribution in [0.15, 0.2) is 60.2 Å². The summed E-state index contributed by atoms with van der Waals surface area (Å²) < 4.78 is 0. The van der Waals surface area contributed by atoms with Crippen LogP contribution in [0.2, 0.25) is 0 Å². The second-order valence-electron chi connectivity index (χ2n) is 5.51. The molecule has 3 aliphatic carbocycles. The zero-order valence-corrected chi connectivity index (χ0v) is 10.4. The van der Waals surface area contributed by atoms with Gasteiger partial charge in [-0.1, -0.05) is 60.7 Å². The number of benzene rings is 1. The highest BCUT2D eigenvalue weighted by molar-refractivity contribution is 5.80. The fraction of sp³-hybridized carbons (Fsp3) is 0.176. The van der Waals surface area contributed by atoms with Crippen LogP contribution >= 0.6 is 0 Å². The first-order valence-electron chi connectivity index (χ1n) is 6.35. The van der Waals surface area contributed by atoms with Crippen molar-refractivity contribution in [2.75, 3.05) is 0 Å². The summed E-state index contributed by atoms with van der Waals surface area (Å²) >= 11 is 0. The molecule has 2 unspecified atom stereocenters. The van der Waals surface area contributed by atoms with Gasteiger partial charge in [0.15, 0.2) is 0 Å². The SMILES string of the molecule is CC12C3=CC=c4ccccc4=C1C=CC2(N)C=C3. The van der Waals surface area contributed by atoms with E-state index in [1.807, 2.05) is 0 Å². The number of nitrogens with two attached hydrogens (primary N) is 1.